The first kappa shape index (κ1) is 38.7. The number of rotatable bonds is 30. The maximum atomic E-state index is 11.9. The third-order valence-corrected chi connectivity index (χ3v) is 5.62. The summed E-state index contributed by atoms with van der Waals surface area (Å²) in [7, 11) is 0. The van der Waals surface area contributed by atoms with Crippen molar-refractivity contribution < 1.29 is 53.0 Å². The summed E-state index contributed by atoms with van der Waals surface area (Å²) in [6.45, 7) is 4.80. The molecule has 0 radical (unpaired) electrons. The monoisotopic (exact) mass is 632 g/mol. The number of carbonyl (C=O) groups excluding carboxylic acids is 2. The second kappa shape index (κ2) is 26.1. The molecular weight excluding hydrogens is 588 g/mol. The number of Topliss-reactive ketones (excluding diaryl/α,β-unsaturated/α-hetero) is 1. The fourth-order valence-electron chi connectivity index (χ4n) is 3.44. The Balaban J connectivity index is 1.89. The molecule has 0 saturated heterocycles. The highest BCUT2D eigenvalue weighted by molar-refractivity contribution is 5.84. The molecule has 1 aromatic carbocycles. The van der Waals surface area contributed by atoms with Crippen LogP contribution in [0.4, 0.5) is 17.1 Å². The van der Waals surface area contributed by atoms with Gasteiger partial charge in [-0.2, -0.15) is 0 Å². The molecule has 17 nitrogen and oxygen atoms in total. The van der Waals surface area contributed by atoms with Crippen LogP contribution in [0.15, 0.2) is 18.2 Å². The first-order valence-corrected chi connectivity index (χ1v) is 14.4. The summed E-state index contributed by atoms with van der Waals surface area (Å²) in [5, 5.41) is 36.0. The largest absolute Gasteiger partial charge is 0.394 e. The molecule has 1 amide bonds. The number of nitrogens with zero attached hydrogens (tertiary/aromatic N) is 2. The van der Waals surface area contributed by atoms with E-state index in [-0.39, 0.29) is 61.4 Å². The quantitative estimate of drug-likeness (QED) is 0.0617. The maximum absolute atomic E-state index is 11.9. The van der Waals surface area contributed by atoms with Gasteiger partial charge in [-0.05, 0) is 12.5 Å². The van der Waals surface area contributed by atoms with Crippen molar-refractivity contribution in [2.75, 3.05) is 104 Å². The van der Waals surface area contributed by atoms with E-state index in [2.05, 4.69) is 10.6 Å². The van der Waals surface area contributed by atoms with Gasteiger partial charge in [-0.3, -0.25) is 29.8 Å². The van der Waals surface area contributed by atoms with E-state index in [1.807, 2.05) is 0 Å². The van der Waals surface area contributed by atoms with Crippen LogP contribution in [0.1, 0.15) is 25.7 Å². The zero-order valence-electron chi connectivity index (χ0n) is 24.9. The summed E-state index contributed by atoms with van der Waals surface area (Å²) in [4.78, 5) is 44.3. The number of ketones is 1. The van der Waals surface area contributed by atoms with E-state index in [4.69, 9.17) is 33.5 Å². The Morgan fingerprint density at radius 2 is 1.23 bits per heavy atom. The van der Waals surface area contributed by atoms with Gasteiger partial charge in [-0.15, -0.1) is 0 Å². The first-order chi connectivity index (χ1) is 21.3. The molecule has 44 heavy (non-hydrogen) atoms. The Morgan fingerprint density at radius 1 is 0.682 bits per heavy atom. The van der Waals surface area contributed by atoms with Gasteiger partial charge in [0, 0.05) is 45.0 Å². The number of nitro benzene ring substituents is 2. The predicted octanol–water partition coefficient (Wildman–Crippen LogP) is 1.25. The molecule has 0 atom stereocenters. The molecule has 17 heteroatoms. The first-order valence-electron chi connectivity index (χ1n) is 14.4. The van der Waals surface area contributed by atoms with Crippen molar-refractivity contribution in [3.63, 3.8) is 0 Å². The Morgan fingerprint density at radius 3 is 1.80 bits per heavy atom. The van der Waals surface area contributed by atoms with Crippen LogP contribution in [0.25, 0.3) is 0 Å². The Bertz CT molecular complexity index is 968. The summed E-state index contributed by atoms with van der Waals surface area (Å²) in [5.74, 6) is -0.215. The van der Waals surface area contributed by atoms with Crippen LogP contribution < -0.4 is 10.6 Å². The minimum atomic E-state index is -0.696. The van der Waals surface area contributed by atoms with E-state index >= 15 is 0 Å². The number of aliphatic hydroxyl groups is 1. The number of carbonyl (C=O) groups is 2. The second-order valence-corrected chi connectivity index (χ2v) is 9.03. The van der Waals surface area contributed by atoms with Gasteiger partial charge in [0.25, 0.3) is 11.4 Å². The molecular formula is C27H44N4O13. The fourth-order valence-corrected chi connectivity index (χ4v) is 3.44. The summed E-state index contributed by atoms with van der Waals surface area (Å²) in [6.07, 6.45) is 1.22. The molecule has 0 bridgehead atoms. The zero-order chi connectivity index (χ0) is 32.3. The molecule has 0 aliphatic carbocycles. The van der Waals surface area contributed by atoms with E-state index < -0.39 is 9.85 Å². The Kier molecular flexibility index (Phi) is 23.0. The topological polar surface area (TPSA) is 220 Å². The van der Waals surface area contributed by atoms with Gasteiger partial charge < -0.3 is 44.2 Å². The van der Waals surface area contributed by atoms with Crippen LogP contribution in [0.5, 0.6) is 0 Å². The van der Waals surface area contributed by atoms with Crippen LogP contribution in [0, 0.1) is 20.2 Å². The number of non-ortho nitro benzene ring substituents is 1. The van der Waals surface area contributed by atoms with E-state index in [1.165, 1.54) is 12.1 Å². The highest BCUT2D eigenvalue weighted by atomic mass is 16.6. The van der Waals surface area contributed by atoms with Crippen LogP contribution in [0.2, 0.25) is 0 Å². The lowest BCUT2D eigenvalue weighted by molar-refractivity contribution is -0.393. The van der Waals surface area contributed by atoms with Crippen molar-refractivity contribution in [2.24, 2.45) is 0 Å². The van der Waals surface area contributed by atoms with Gasteiger partial charge in [0.2, 0.25) is 5.91 Å². The lowest BCUT2D eigenvalue weighted by atomic mass is 10.1. The molecule has 250 valence electrons. The van der Waals surface area contributed by atoms with Crippen molar-refractivity contribution in [3.8, 4) is 0 Å². The van der Waals surface area contributed by atoms with Crippen molar-refractivity contribution >= 4 is 28.8 Å². The van der Waals surface area contributed by atoms with Crippen LogP contribution in [-0.2, 0) is 38.0 Å². The highest BCUT2D eigenvalue weighted by Gasteiger charge is 2.19. The zero-order valence-corrected chi connectivity index (χ0v) is 24.9. The summed E-state index contributed by atoms with van der Waals surface area (Å²) >= 11 is 0. The SMILES string of the molecule is O=C(CCCOCCOCCOCCO)CCC(=O)NCCOCCOCCOCCNc1ccc([N+](=O)[O-])cc1[N+](=O)[O-]. The molecule has 0 fully saturated rings. The number of aliphatic hydroxyl groups excluding tert-OH is 1. The third kappa shape index (κ3) is 20.6. The van der Waals surface area contributed by atoms with E-state index in [9.17, 15) is 29.8 Å². The predicted molar refractivity (Wildman–Crippen MR) is 157 cm³/mol. The Hall–Kier alpha value is -3.32. The fraction of sp³-hybridized carbons (Fsp3) is 0.704. The summed E-state index contributed by atoms with van der Waals surface area (Å²) in [6, 6.07) is 3.37. The van der Waals surface area contributed by atoms with Gasteiger partial charge >= 0.3 is 0 Å². The number of benzene rings is 1. The van der Waals surface area contributed by atoms with Gasteiger partial charge in [0.1, 0.15) is 11.5 Å². The third-order valence-electron chi connectivity index (χ3n) is 5.62. The number of nitrogens with one attached hydrogen (secondary N) is 2. The molecule has 1 rings (SSSR count). The smallest absolute Gasteiger partial charge is 0.299 e. The van der Waals surface area contributed by atoms with Gasteiger partial charge in [-0.25, -0.2) is 0 Å². The maximum Gasteiger partial charge on any atom is 0.299 e. The standard InChI is InChI=1S/C27H44N4O13/c32-9-13-42-17-21-43-18-14-39-10-1-2-24(33)4-6-27(34)29-8-12-41-16-20-44-19-15-40-11-7-28-25-5-3-23(30(35)36)22-26(25)31(37)38/h3,5,22,28,32H,1-2,4,6-21H2,(H,29,34). The van der Waals surface area contributed by atoms with Crippen molar-refractivity contribution in [2.45, 2.75) is 25.7 Å². The van der Waals surface area contributed by atoms with Gasteiger partial charge in [0.05, 0.1) is 95.2 Å². The summed E-state index contributed by atoms with van der Waals surface area (Å²) < 4.78 is 31.9. The number of amides is 1. The summed E-state index contributed by atoms with van der Waals surface area (Å²) in [5.41, 5.74) is -0.583. The lowest BCUT2D eigenvalue weighted by Crippen LogP contribution is -2.28. The van der Waals surface area contributed by atoms with E-state index in [1.54, 1.807) is 0 Å². The number of ether oxygens (including phenoxy) is 6. The number of hydrogen-bond donors (Lipinski definition) is 3. The Labute approximate surface area is 255 Å². The van der Waals surface area contributed by atoms with E-state index in [0.29, 0.717) is 92.1 Å². The van der Waals surface area contributed by atoms with Crippen LogP contribution in [0.3, 0.4) is 0 Å². The molecule has 0 heterocycles. The molecule has 3 N–H and O–H groups in total. The minimum absolute atomic E-state index is 0.00291. The van der Waals surface area contributed by atoms with Crippen molar-refractivity contribution in [3.05, 3.63) is 38.4 Å². The normalized spacial score (nSPS) is 10.9. The lowest BCUT2D eigenvalue weighted by Gasteiger charge is -2.09. The molecule has 0 aromatic heterocycles. The minimum Gasteiger partial charge on any atom is -0.394 e. The van der Waals surface area contributed by atoms with Crippen LogP contribution in [-0.4, -0.2) is 126 Å². The number of hydrogen-bond acceptors (Lipinski definition) is 14. The number of nitro groups is 2. The molecule has 0 aliphatic heterocycles. The molecule has 0 unspecified atom stereocenters. The molecule has 0 spiro atoms. The van der Waals surface area contributed by atoms with Gasteiger partial charge in [-0.1, -0.05) is 0 Å². The molecule has 1 aromatic rings. The van der Waals surface area contributed by atoms with Crippen molar-refractivity contribution in [1.82, 2.24) is 5.32 Å². The van der Waals surface area contributed by atoms with Gasteiger partial charge in [0.15, 0.2) is 0 Å². The van der Waals surface area contributed by atoms with E-state index in [0.717, 1.165) is 6.07 Å². The molecule has 0 saturated carbocycles. The highest BCUT2D eigenvalue weighted by Crippen LogP contribution is 2.28. The average molecular weight is 633 g/mol. The molecule has 0 aliphatic rings. The van der Waals surface area contributed by atoms with Crippen molar-refractivity contribution in [1.29, 1.82) is 0 Å². The second-order valence-electron chi connectivity index (χ2n) is 9.03. The van der Waals surface area contributed by atoms with Crippen LogP contribution >= 0.6 is 0 Å². The average Bonchev–Trinajstić information content (AvgIpc) is 3.00. The number of anilines is 1.